The molecule has 100 valence electrons. The monoisotopic (exact) mass is 262 g/mol. The second-order valence-corrected chi connectivity index (χ2v) is 5.30. The Hall–Kier alpha value is -2.35. The molecule has 3 rings (SSSR count). The Morgan fingerprint density at radius 3 is 2.15 bits per heavy atom. The Bertz CT molecular complexity index is 719. The summed E-state index contributed by atoms with van der Waals surface area (Å²) in [6.07, 6.45) is 2.09. The predicted molar refractivity (Wildman–Crippen MR) is 83.6 cm³/mol. The van der Waals surface area contributed by atoms with Gasteiger partial charge in [-0.05, 0) is 26.0 Å². The van der Waals surface area contributed by atoms with E-state index in [9.17, 15) is 0 Å². The average Bonchev–Trinajstić information content (AvgIpc) is 2.81. The molecule has 0 aliphatic heterocycles. The summed E-state index contributed by atoms with van der Waals surface area (Å²) in [6, 6.07) is 16.8. The van der Waals surface area contributed by atoms with Gasteiger partial charge >= 0.3 is 0 Å². The third-order valence-corrected chi connectivity index (χ3v) is 3.43. The minimum Gasteiger partial charge on any atom is -0.333 e. The maximum Gasteiger partial charge on any atom is 0.140 e. The molecule has 2 heteroatoms. The Morgan fingerprint density at radius 2 is 1.50 bits per heavy atom. The standard InChI is InChI=1S/C18H18N2/c1-13-9-14(2)11-16(10-13)17-12-20(3)18(19-17)15-7-5-4-6-8-15/h4-12H,1-3H3. The smallest absolute Gasteiger partial charge is 0.140 e. The lowest BCUT2D eigenvalue weighted by Crippen LogP contribution is -1.89. The molecule has 0 unspecified atom stereocenters. The molecule has 1 heterocycles. The van der Waals surface area contributed by atoms with Crippen molar-refractivity contribution < 1.29 is 0 Å². The van der Waals surface area contributed by atoms with E-state index in [4.69, 9.17) is 4.98 Å². The highest BCUT2D eigenvalue weighted by Gasteiger charge is 2.09. The van der Waals surface area contributed by atoms with Crippen molar-refractivity contribution in [3.05, 3.63) is 65.9 Å². The van der Waals surface area contributed by atoms with E-state index in [2.05, 4.69) is 54.9 Å². The number of aromatic nitrogens is 2. The van der Waals surface area contributed by atoms with E-state index in [1.165, 1.54) is 16.7 Å². The van der Waals surface area contributed by atoms with Crippen molar-refractivity contribution in [1.82, 2.24) is 9.55 Å². The fraction of sp³-hybridized carbons (Fsp3) is 0.167. The lowest BCUT2D eigenvalue weighted by molar-refractivity contribution is 0.925. The number of hydrogen-bond donors (Lipinski definition) is 0. The molecule has 0 radical (unpaired) electrons. The van der Waals surface area contributed by atoms with Gasteiger partial charge in [-0.3, -0.25) is 0 Å². The quantitative estimate of drug-likeness (QED) is 0.670. The Morgan fingerprint density at radius 1 is 0.850 bits per heavy atom. The van der Waals surface area contributed by atoms with Crippen LogP contribution in [0, 0.1) is 13.8 Å². The number of benzene rings is 2. The van der Waals surface area contributed by atoms with E-state index in [0.29, 0.717) is 0 Å². The van der Waals surface area contributed by atoms with E-state index in [1.54, 1.807) is 0 Å². The molecular weight excluding hydrogens is 244 g/mol. The second kappa shape index (κ2) is 4.97. The molecule has 0 bridgehead atoms. The highest BCUT2D eigenvalue weighted by atomic mass is 15.0. The maximum absolute atomic E-state index is 4.80. The number of aryl methyl sites for hydroxylation is 3. The summed E-state index contributed by atoms with van der Waals surface area (Å²) in [7, 11) is 2.04. The summed E-state index contributed by atoms with van der Waals surface area (Å²) in [5.41, 5.74) is 5.89. The van der Waals surface area contributed by atoms with Crippen LogP contribution in [-0.2, 0) is 7.05 Å². The van der Waals surface area contributed by atoms with Crippen LogP contribution in [0.1, 0.15) is 11.1 Å². The van der Waals surface area contributed by atoms with Gasteiger partial charge in [0.1, 0.15) is 5.82 Å². The second-order valence-electron chi connectivity index (χ2n) is 5.30. The minimum absolute atomic E-state index is 1.000. The van der Waals surface area contributed by atoms with Gasteiger partial charge in [-0.1, -0.05) is 47.5 Å². The largest absolute Gasteiger partial charge is 0.333 e. The highest BCUT2D eigenvalue weighted by molar-refractivity contribution is 5.66. The van der Waals surface area contributed by atoms with Crippen molar-refractivity contribution in [1.29, 1.82) is 0 Å². The van der Waals surface area contributed by atoms with Crippen molar-refractivity contribution in [3.8, 4) is 22.6 Å². The molecule has 0 fully saturated rings. The van der Waals surface area contributed by atoms with Crippen LogP contribution in [0.25, 0.3) is 22.6 Å². The predicted octanol–water partition coefficient (Wildman–Crippen LogP) is 4.37. The number of hydrogen-bond acceptors (Lipinski definition) is 1. The molecule has 0 spiro atoms. The lowest BCUT2D eigenvalue weighted by Gasteiger charge is -2.01. The number of imidazole rings is 1. The SMILES string of the molecule is Cc1cc(C)cc(-c2cn(C)c(-c3ccccc3)n2)c1. The summed E-state index contributed by atoms with van der Waals surface area (Å²) in [5.74, 6) is 1.000. The van der Waals surface area contributed by atoms with Crippen molar-refractivity contribution in [2.75, 3.05) is 0 Å². The van der Waals surface area contributed by atoms with Crippen molar-refractivity contribution in [2.24, 2.45) is 7.05 Å². The molecule has 2 nitrogen and oxygen atoms in total. The maximum atomic E-state index is 4.80. The average molecular weight is 262 g/mol. The van der Waals surface area contributed by atoms with Crippen molar-refractivity contribution in [2.45, 2.75) is 13.8 Å². The van der Waals surface area contributed by atoms with Gasteiger partial charge < -0.3 is 4.57 Å². The lowest BCUT2D eigenvalue weighted by atomic mass is 10.1. The first-order valence-corrected chi connectivity index (χ1v) is 6.81. The van der Waals surface area contributed by atoms with E-state index >= 15 is 0 Å². The van der Waals surface area contributed by atoms with Crippen LogP contribution in [0.4, 0.5) is 0 Å². The Kier molecular flexibility index (Phi) is 3.15. The molecular formula is C18H18N2. The molecule has 0 amide bonds. The van der Waals surface area contributed by atoms with Gasteiger partial charge in [-0.2, -0.15) is 0 Å². The van der Waals surface area contributed by atoms with E-state index < -0.39 is 0 Å². The van der Waals surface area contributed by atoms with Gasteiger partial charge in [0, 0.05) is 24.4 Å². The normalized spacial score (nSPS) is 10.8. The van der Waals surface area contributed by atoms with Crippen LogP contribution in [0.3, 0.4) is 0 Å². The van der Waals surface area contributed by atoms with Gasteiger partial charge in [-0.25, -0.2) is 4.98 Å². The Balaban J connectivity index is 2.09. The minimum atomic E-state index is 1.000. The summed E-state index contributed by atoms with van der Waals surface area (Å²) >= 11 is 0. The molecule has 0 aliphatic rings. The first kappa shape index (κ1) is 12.7. The zero-order valence-electron chi connectivity index (χ0n) is 12.1. The van der Waals surface area contributed by atoms with Gasteiger partial charge in [0.25, 0.3) is 0 Å². The molecule has 2 aromatic carbocycles. The molecule has 3 aromatic rings. The fourth-order valence-corrected chi connectivity index (χ4v) is 2.58. The van der Waals surface area contributed by atoms with Crippen LogP contribution in [0.15, 0.2) is 54.7 Å². The molecule has 0 atom stereocenters. The van der Waals surface area contributed by atoms with Crippen molar-refractivity contribution >= 4 is 0 Å². The zero-order chi connectivity index (χ0) is 14.1. The molecule has 0 N–H and O–H groups in total. The first-order valence-electron chi connectivity index (χ1n) is 6.81. The summed E-state index contributed by atoms with van der Waals surface area (Å²) in [5, 5.41) is 0. The van der Waals surface area contributed by atoms with E-state index in [1.807, 2.05) is 25.2 Å². The van der Waals surface area contributed by atoms with Gasteiger partial charge in [0.05, 0.1) is 5.69 Å². The van der Waals surface area contributed by atoms with E-state index in [0.717, 1.165) is 17.1 Å². The Labute approximate surface area is 119 Å². The topological polar surface area (TPSA) is 17.8 Å². The van der Waals surface area contributed by atoms with Crippen LogP contribution >= 0.6 is 0 Å². The summed E-state index contributed by atoms with van der Waals surface area (Å²) in [6.45, 7) is 4.25. The van der Waals surface area contributed by atoms with Crippen LogP contribution in [0.5, 0.6) is 0 Å². The summed E-state index contributed by atoms with van der Waals surface area (Å²) < 4.78 is 2.09. The summed E-state index contributed by atoms with van der Waals surface area (Å²) in [4.78, 5) is 4.80. The first-order chi connectivity index (χ1) is 9.63. The van der Waals surface area contributed by atoms with Crippen LogP contribution in [-0.4, -0.2) is 9.55 Å². The zero-order valence-corrected chi connectivity index (χ0v) is 12.1. The highest BCUT2D eigenvalue weighted by Crippen LogP contribution is 2.25. The fourth-order valence-electron chi connectivity index (χ4n) is 2.58. The third kappa shape index (κ3) is 2.37. The van der Waals surface area contributed by atoms with Crippen LogP contribution < -0.4 is 0 Å². The molecule has 0 aliphatic carbocycles. The number of nitrogens with zero attached hydrogens (tertiary/aromatic N) is 2. The molecule has 20 heavy (non-hydrogen) atoms. The van der Waals surface area contributed by atoms with Gasteiger partial charge in [0.2, 0.25) is 0 Å². The number of rotatable bonds is 2. The molecule has 1 aromatic heterocycles. The molecule has 0 saturated carbocycles. The van der Waals surface area contributed by atoms with Gasteiger partial charge in [-0.15, -0.1) is 0 Å². The third-order valence-electron chi connectivity index (χ3n) is 3.43. The van der Waals surface area contributed by atoms with Crippen LogP contribution in [0.2, 0.25) is 0 Å². The van der Waals surface area contributed by atoms with Crippen molar-refractivity contribution in [3.63, 3.8) is 0 Å². The molecule has 0 saturated heterocycles. The van der Waals surface area contributed by atoms with E-state index in [-0.39, 0.29) is 0 Å². The van der Waals surface area contributed by atoms with Gasteiger partial charge in [0.15, 0.2) is 0 Å².